The van der Waals surface area contributed by atoms with E-state index in [-0.39, 0.29) is 0 Å². The van der Waals surface area contributed by atoms with Gasteiger partial charge >= 0.3 is 0 Å². The lowest BCUT2D eigenvalue weighted by Gasteiger charge is -2.07. The van der Waals surface area contributed by atoms with Crippen molar-refractivity contribution in [3.63, 3.8) is 0 Å². The first-order chi connectivity index (χ1) is 7.58. The smallest absolute Gasteiger partial charge is 0.131 e. The lowest BCUT2D eigenvalue weighted by molar-refractivity contribution is 0.814. The van der Waals surface area contributed by atoms with Crippen LogP contribution in [0.1, 0.15) is 17.0 Å². The van der Waals surface area contributed by atoms with Crippen LogP contribution in [0, 0.1) is 20.8 Å². The number of benzene rings is 1. The van der Waals surface area contributed by atoms with Gasteiger partial charge in [-0.1, -0.05) is 15.9 Å². The predicted molar refractivity (Wildman–Crippen MR) is 65.0 cm³/mol. The minimum absolute atomic E-state index is 0.577. The van der Waals surface area contributed by atoms with Gasteiger partial charge in [-0.05, 0) is 44.0 Å². The third-order valence-electron chi connectivity index (χ3n) is 2.30. The van der Waals surface area contributed by atoms with Gasteiger partial charge in [0, 0.05) is 10.0 Å². The maximum Gasteiger partial charge on any atom is 0.204 e. The molecule has 0 bridgehead atoms. The van der Waals surface area contributed by atoms with Crippen molar-refractivity contribution in [3.8, 4) is 11.4 Å². The predicted octanol–water partition coefficient (Wildman–Crippen LogP) is 2.62. The quantitative estimate of drug-likeness (QED) is 0.805. The molecule has 0 spiro atoms. The number of nitrogens with zero attached hydrogens (tertiary/aromatic N) is 4. The van der Waals surface area contributed by atoms with E-state index in [9.17, 15) is 0 Å². The van der Waals surface area contributed by atoms with E-state index in [4.69, 9.17) is 0 Å². The maximum absolute atomic E-state index is 4.06. The highest BCUT2D eigenvalue weighted by Gasteiger charge is 2.10. The molecule has 0 aliphatic heterocycles. The Bertz CT molecular complexity index is 499. The van der Waals surface area contributed by atoms with Gasteiger partial charge in [0.2, 0.25) is 5.82 Å². The molecule has 82 valence electrons. The third kappa shape index (κ3) is 2.09. The van der Waals surface area contributed by atoms with Crippen LogP contribution >= 0.6 is 15.9 Å². The van der Waals surface area contributed by atoms with E-state index in [1.807, 2.05) is 26.0 Å². The number of hydrogen-bond acceptors (Lipinski definition) is 4. The summed E-state index contributed by atoms with van der Waals surface area (Å²) in [5.41, 5.74) is 3.22. The van der Waals surface area contributed by atoms with Crippen molar-refractivity contribution in [2.24, 2.45) is 0 Å². The molecule has 4 nitrogen and oxygen atoms in total. The topological polar surface area (TPSA) is 51.6 Å². The van der Waals surface area contributed by atoms with E-state index in [0.717, 1.165) is 21.2 Å². The van der Waals surface area contributed by atoms with Gasteiger partial charge < -0.3 is 0 Å². The summed E-state index contributed by atoms with van der Waals surface area (Å²) < 4.78 is 1.05. The minimum Gasteiger partial charge on any atom is -0.131 e. The van der Waals surface area contributed by atoms with Crippen LogP contribution in [0.15, 0.2) is 16.6 Å². The van der Waals surface area contributed by atoms with Crippen molar-refractivity contribution < 1.29 is 0 Å². The fourth-order valence-corrected chi connectivity index (χ4v) is 2.33. The Morgan fingerprint density at radius 3 is 1.88 bits per heavy atom. The van der Waals surface area contributed by atoms with Crippen LogP contribution in [-0.2, 0) is 0 Å². The normalized spacial score (nSPS) is 10.5. The molecule has 16 heavy (non-hydrogen) atoms. The lowest BCUT2D eigenvalue weighted by Crippen LogP contribution is -2.01. The van der Waals surface area contributed by atoms with E-state index in [2.05, 4.69) is 36.3 Å². The molecule has 0 radical (unpaired) electrons. The molecule has 0 unspecified atom stereocenters. The fraction of sp³-hybridized carbons (Fsp3) is 0.273. The zero-order valence-electron chi connectivity index (χ0n) is 9.32. The Kier molecular flexibility index (Phi) is 2.96. The largest absolute Gasteiger partial charge is 0.204 e. The van der Waals surface area contributed by atoms with Crippen LogP contribution in [0.3, 0.4) is 0 Å². The Balaban J connectivity index is 2.60. The second-order valence-electron chi connectivity index (χ2n) is 3.69. The van der Waals surface area contributed by atoms with Gasteiger partial charge in [-0.3, -0.25) is 0 Å². The van der Waals surface area contributed by atoms with Crippen LogP contribution in [-0.4, -0.2) is 20.4 Å². The van der Waals surface area contributed by atoms with Crippen molar-refractivity contribution in [2.75, 3.05) is 0 Å². The second kappa shape index (κ2) is 4.25. The second-order valence-corrected chi connectivity index (χ2v) is 4.60. The first-order valence-corrected chi connectivity index (χ1v) is 5.68. The van der Waals surface area contributed by atoms with Crippen molar-refractivity contribution in [1.82, 2.24) is 20.4 Å². The Hall–Kier alpha value is -1.36. The summed E-state index contributed by atoms with van der Waals surface area (Å²) in [6.07, 6.45) is 0. The molecule has 1 heterocycles. The summed E-state index contributed by atoms with van der Waals surface area (Å²) in [6.45, 7) is 5.82. The van der Waals surface area contributed by atoms with Crippen LogP contribution in [0.25, 0.3) is 11.4 Å². The molecule has 0 aliphatic rings. The molecule has 1 aromatic heterocycles. The van der Waals surface area contributed by atoms with Crippen molar-refractivity contribution in [3.05, 3.63) is 33.6 Å². The summed E-state index contributed by atoms with van der Waals surface area (Å²) in [5.74, 6) is 1.16. The Labute approximate surface area is 102 Å². The molecule has 0 fully saturated rings. The molecule has 2 rings (SSSR count). The molecule has 2 aromatic rings. The molecule has 0 atom stereocenters. The molecule has 5 heteroatoms. The molecular weight excluding hydrogens is 268 g/mol. The Morgan fingerprint density at radius 2 is 1.38 bits per heavy atom. The number of hydrogen-bond donors (Lipinski definition) is 0. The summed E-state index contributed by atoms with van der Waals surface area (Å²) in [5, 5.41) is 16.0. The van der Waals surface area contributed by atoms with Crippen LogP contribution < -0.4 is 0 Å². The van der Waals surface area contributed by atoms with Crippen LogP contribution in [0.5, 0.6) is 0 Å². The lowest BCUT2D eigenvalue weighted by atomic mass is 10.0. The van der Waals surface area contributed by atoms with Gasteiger partial charge in [0.05, 0.1) is 0 Å². The molecule has 0 N–H and O–H groups in total. The van der Waals surface area contributed by atoms with E-state index in [0.29, 0.717) is 11.6 Å². The van der Waals surface area contributed by atoms with Crippen molar-refractivity contribution in [2.45, 2.75) is 20.8 Å². The fourth-order valence-electron chi connectivity index (χ4n) is 1.64. The molecule has 0 saturated heterocycles. The molecular formula is C11H11BrN4. The number of aromatic nitrogens is 4. The third-order valence-corrected chi connectivity index (χ3v) is 2.76. The van der Waals surface area contributed by atoms with Gasteiger partial charge in [0.15, 0.2) is 5.82 Å². The summed E-state index contributed by atoms with van der Waals surface area (Å²) in [6, 6.07) is 4.07. The van der Waals surface area contributed by atoms with Crippen LogP contribution in [0.4, 0.5) is 0 Å². The summed E-state index contributed by atoms with van der Waals surface area (Å²) >= 11 is 3.46. The molecule has 0 saturated carbocycles. The van der Waals surface area contributed by atoms with E-state index >= 15 is 0 Å². The monoisotopic (exact) mass is 278 g/mol. The summed E-state index contributed by atoms with van der Waals surface area (Å²) in [7, 11) is 0. The first-order valence-electron chi connectivity index (χ1n) is 4.89. The van der Waals surface area contributed by atoms with Gasteiger partial charge in [-0.25, -0.2) is 0 Å². The highest BCUT2D eigenvalue weighted by atomic mass is 79.9. The standard InChI is InChI=1S/C11H11BrN4/c1-6-4-9(12)5-7(2)10(6)11-15-13-8(3)14-16-11/h4-5H,1-3H3. The van der Waals surface area contributed by atoms with Crippen molar-refractivity contribution >= 4 is 15.9 Å². The number of aryl methyl sites for hydroxylation is 3. The number of halogens is 1. The maximum atomic E-state index is 4.06. The zero-order chi connectivity index (χ0) is 11.7. The zero-order valence-corrected chi connectivity index (χ0v) is 10.9. The van der Waals surface area contributed by atoms with Gasteiger partial charge in [0.25, 0.3) is 0 Å². The molecule has 1 aromatic carbocycles. The minimum atomic E-state index is 0.577. The molecule has 0 aliphatic carbocycles. The highest BCUT2D eigenvalue weighted by molar-refractivity contribution is 9.10. The highest BCUT2D eigenvalue weighted by Crippen LogP contribution is 2.26. The Morgan fingerprint density at radius 1 is 0.875 bits per heavy atom. The number of rotatable bonds is 1. The van der Waals surface area contributed by atoms with E-state index in [1.165, 1.54) is 0 Å². The average Bonchev–Trinajstić information content (AvgIpc) is 2.19. The molecule has 0 amide bonds. The van der Waals surface area contributed by atoms with Crippen molar-refractivity contribution in [1.29, 1.82) is 0 Å². The van der Waals surface area contributed by atoms with E-state index in [1.54, 1.807) is 6.92 Å². The SMILES string of the molecule is Cc1nnc(-c2c(C)cc(Br)cc2C)nn1. The van der Waals surface area contributed by atoms with E-state index < -0.39 is 0 Å². The van der Waals surface area contributed by atoms with Gasteiger partial charge in [-0.15, -0.1) is 20.4 Å². The first kappa shape index (κ1) is 11.1. The summed E-state index contributed by atoms with van der Waals surface area (Å²) in [4.78, 5) is 0. The van der Waals surface area contributed by atoms with Gasteiger partial charge in [0.1, 0.15) is 0 Å². The van der Waals surface area contributed by atoms with Gasteiger partial charge in [-0.2, -0.15) is 0 Å². The average molecular weight is 279 g/mol. The van der Waals surface area contributed by atoms with Crippen LogP contribution in [0.2, 0.25) is 0 Å².